The first-order valence-corrected chi connectivity index (χ1v) is 8.54. The lowest BCUT2D eigenvalue weighted by atomic mass is 10.00. The van der Waals surface area contributed by atoms with Crippen LogP contribution in [0, 0.1) is 13.8 Å². The van der Waals surface area contributed by atoms with Gasteiger partial charge in [-0.25, -0.2) is 0 Å². The number of aryl methyl sites for hydroxylation is 2. The Hall–Kier alpha value is -2.20. The molecule has 0 radical (unpaired) electrons. The van der Waals surface area contributed by atoms with Crippen molar-refractivity contribution >= 4 is 5.91 Å². The SMILES string of the molecule is Cc1ccc(C(=O)N2CCCC2CC(O)c2ccccc2)c(C)n1. The van der Waals surface area contributed by atoms with E-state index >= 15 is 0 Å². The first-order valence-electron chi connectivity index (χ1n) is 8.54. The molecule has 1 fully saturated rings. The summed E-state index contributed by atoms with van der Waals surface area (Å²) in [5.74, 6) is 0.0303. The van der Waals surface area contributed by atoms with Crippen LogP contribution in [0.2, 0.25) is 0 Å². The number of carbonyl (C=O) groups excluding carboxylic acids is 1. The topological polar surface area (TPSA) is 53.4 Å². The van der Waals surface area contributed by atoms with Crippen LogP contribution in [-0.4, -0.2) is 33.5 Å². The fraction of sp³-hybridized carbons (Fsp3) is 0.400. The smallest absolute Gasteiger partial charge is 0.255 e. The molecular weight excluding hydrogens is 300 g/mol. The van der Waals surface area contributed by atoms with E-state index in [0.29, 0.717) is 12.0 Å². The van der Waals surface area contributed by atoms with Gasteiger partial charge in [-0.2, -0.15) is 0 Å². The Balaban J connectivity index is 1.74. The third-order valence-electron chi connectivity index (χ3n) is 4.77. The van der Waals surface area contributed by atoms with Gasteiger partial charge in [-0.15, -0.1) is 0 Å². The maximum Gasteiger partial charge on any atom is 0.255 e. The van der Waals surface area contributed by atoms with Gasteiger partial charge in [-0.05, 0) is 50.8 Å². The molecule has 4 nitrogen and oxygen atoms in total. The van der Waals surface area contributed by atoms with Crippen molar-refractivity contribution in [1.82, 2.24) is 9.88 Å². The zero-order valence-corrected chi connectivity index (χ0v) is 14.3. The molecule has 1 aromatic heterocycles. The fourth-order valence-corrected chi connectivity index (χ4v) is 3.48. The number of nitrogens with zero attached hydrogens (tertiary/aromatic N) is 2. The second-order valence-electron chi connectivity index (χ2n) is 6.54. The molecule has 126 valence electrons. The maximum atomic E-state index is 12.9. The Morgan fingerprint density at radius 3 is 2.71 bits per heavy atom. The molecule has 0 bridgehead atoms. The van der Waals surface area contributed by atoms with E-state index in [9.17, 15) is 9.90 Å². The van der Waals surface area contributed by atoms with Crippen molar-refractivity contribution in [1.29, 1.82) is 0 Å². The van der Waals surface area contributed by atoms with Crippen LogP contribution in [0.25, 0.3) is 0 Å². The van der Waals surface area contributed by atoms with E-state index in [2.05, 4.69) is 4.98 Å². The highest BCUT2D eigenvalue weighted by molar-refractivity contribution is 5.95. The highest BCUT2D eigenvalue weighted by atomic mass is 16.3. The molecule has 1 saturated heterocycles. The average molecular weight is 324 g/mol. The van der Waals surface area contributed by atoms with Gasteiger partial charge in [0.2, 0.25) is 0 Å². The summed E-state index contributed by atoms with van der Waals surface area (Å²) in [5.41, 5.74) is 3.27. The van der Waals surface area contributed by atoms with Gasteiger partial charge in [0.15, 0.2) is 0 Å². The minimum Gasteiger partial charge on any atom is -0.388 e. The van der Waals surface area contributed by atoms with Crippen LogP contribution >= 0.6 is 0 Å². The number of carbonyl (C=O) groups is 1. The number of amides is 1. The zero-order valence-electron chi connectivity index (χ0n) is 14.3. The molecule has 2 unspecified atom stereocenters. The Labute approximate surface area is 143 Å². The monoisotopic (exact) mass is 324 g/mol. The van der Waals surface area contributed by atoms with Crippen molar-refractivity contribution in [2.24, 2.45) is 0 Å². The predicted octanol–water partition coefficient (Wildman–Crippen LogP) is 3.43. The number of benzene rings is 1. The summed E-state index contributed by atoms with van der Waals surface area (Å²) in [5, 5.41) is 10.5. The highest BCUT2D eigenvalue weighted by Crippen LogP contribution is 2.29. The van der Waals surface area contributed by atoms with E-state index in [4.69, 9.17) is 0 Å². The minimum absolute atomic E-state index is 0.0303. The van der Waals surface area contributed by atoms with Gasteiger partial charge in [-0.1, -0.05) is 30.3 Å². The van der Waals surface area contributed by atoms with E-state index in [1.54, 1.807) is 0 Å². The van der Waals surface area contributed by atoms with Crippen LogP contribution in [0.4, 0.5) is 0 Å². The van der Waals surface area contributed by atoms with Crippen molar-refractivity contribution in [3.8, 4) is 0 Å². The molecule has 1 aliphatic heterocycles. The number of hydrogen-bond donors (Lipinski definition) is 1. The minimum atomic E-state index is -0.540. The van der Waals surface area contributed by atoms with Crippen molar-refractivity contribution in [3.63, 3.8) is 0 Å². The molecule has 2 aromatic rings. The molecule has 1 aliphatic rings. The Bertz CT molecular complexity index is 715. The molecule has 3 rings (SSSR count). The number of aliphatic hydroxyl groups is 1. The van der Waals surface area contributed by atoms with Crippen molar-refractivity contribution in [3.05, 3.63) is 65.0 Å². The van der Waals surface area contributed by atoms with Gasteiger partial charge in [0.1, 0.15) is 0 Å². The number of rotatable bonds is 4. The molecule has 2 atom stereocenters. The number of aliphatic hydroxyl groups excluding tert-OH is 1. The van der Waals surface area contributed by atoms with E-state index in [1.807, 2.05) is 61.2 Å². The van der Waals surface area contributed by atoms with Crippen molar-refractivity contribution in [2.45, 2.75) is 45.3 Å². The molecule has 4 heteroatoms. The summed E-state index contributed by atoms with van der Waals surface area (Å²) in [6.07, 6.45) is 1.96. The lowest BCUT2D eigenvalue weighted by molar-refractivity contribution is 0.0666. The van der Waals surface area contributed by atoms with Crippen LogP contribution in [0.3, 0.4) is 0 Å². The molecule has 1 aromatic carbocycles. The number of aromatic nitrogens is 1. The van der Waals surface area contributed by atoms with Crippen LogP contribution in [0.1, 0.15) is 52.7 Å². The quantitative estimate of drug-likeness (QED) is 0.937. The molecule has 0 aliphatic carbocycles. The molecule has 0 saturated carbocycles. The van der Waals surface area contributed by atoms with Gasteiger partial charge >= 0.3 is 0 Å². The fourth-order valence-electron chi connectivity index (χ4n) is 3.48. The summed E-state index contributed by atoms with van der Waals surface area (Å²) < 4.78 is 0. The Morgan fingerprint density at radius 2 is 2.00 bits per heavy atom. The Kier molecular flexibility index (Phi) is 4.95. The molecule has 2 heterocycles. The Morgan fingerprint density at radius 1 is 1.25 bits per heavy atom. The van der Waals surface area contributed by atoms with Crippen LogP contribution in [-0.2, 0) is 0 Å². The molecule has 0 spiro atoms. The standard InChI is InChI=1S/C20H24N2O2/c1-14-10-11-18(15(2)21-14)20(24)22-12-6-9-17(22)13-19(23)16-7-4-3-5-8-16/h3-5,7-8,10-11,17,19,23H,6,9,12-13H2,1-2H3. The van der Waals surface area contributed by atoms with Crippen molar-refractivity contribution in [2.75, 3.05) is 6.54 Å². The van der Waals surface area contributed by atoms with Crippen LogP contribution in [0.15, 0.2) is 42.5 Å². The maximum absolute atomic E-state index is 12.9. The van der Waals surface area contributed by atoms with E-state index in [1.165, 1.54) is 0 Å². The average Bonchev–Trinajstić information content (AvgIpc) is 3.03. The lowest BCUT2D eigenvalue weighted by Crippen LogP contribution is -2.37. The number of likely N-dealkylation sites (tertiary alicyclic amines) is 1. The van der Waals surface area contributed by atoms with Crippen molar-refractivity contribution < 1.29 is 9.90 Å². The van der Waals surface area contributed by atoms with Gasteiger partial charge < -0.3 is 10.0 Å². The zero-order chi connectivity index (χ0) is 17.1. The molecule has 1 N–H and O–H groups in total. The summed E-state index contributed by atoms with van der Waals surface area (Å²) >= 11 is 0. The first-order chi connectivity index (χ1) is 11.6. The molecule has 24 heavy (non-hydrogen) atoms. The van der Waals surface area contributed by atoms with Gasteiger partial charge in [0, 0.05) is 18.3 Å². The second-order valence-corrected chi connectivity index (χ2v) is 6.54. The molecule has 1 amide bonds. The number of hydrogen-bond acceptors (Lipinski definition) is 3. The lowest BCUT2D eigenvalue weighted by Gasteiger charge is -2.27. The first kappa shape index (κ1) is 16.7. The normalized spacial score (nSPS) is 18.6. The van der Waals surface area contributed by atoms with Crippen LogP contribution in [0.5, 0.6) is 0 Å². The predicted molar refractivity (Wildman–Crippen MR) is 93.8 cm³/mol. The van der Waals surface area contributed by atoms with Gasteiger partial charge in [0.05, 0.1) is 17.4 Å². The third-order valence-corrected chi connectivity index (χ3v) is 4.77. The largest absolute Gasteiger partial charge is 0.388 e. The van der Waals surface area contributed by atoms with Gasteiger partial charge in [0.25, 0.3) is 5.91 Å². The summed E-state index contributed by atoms with van der Waals surface area (Å²) in [6, 6.07) is 13.5. The molecular formula is C20H24N2O2. The highest BCUT2D eigenvalue weighted by Gasteiger charge is 2.32. The third kappa shape index (κ3) is 3.49. The van der Waals surface area contributed by atoms with E-state index in [0.717, 1.165) is 36.3 Å². The number of pyridine rings is 1. The second kappa shape index (κ2) is 7.14. The van der Waals surface area contributed by atoms with E-state index < -0.39 is 6.10 Å². The summed E-state index contributed by atoms with van der Waals surface area (Å²) in [6.45, 7) is 4.55. The van der Waals surface area contributed by atoms with Gasteiger partial charge in [-0.3, -0.25) is 9.78 Å². The van der Waals surface area contributed by atoms with Crippen LogP contribution < -0.4 is 0 Å². The summed E-state index contributed by atoms with van der Waals surface area (Å²) in [4.78, 5) is 19.2. The van der Waals surface area contributed by atoms with E-state index in [-0.39, 0.29) is 11.9 Å². The summed E-state index contributed by atoms with van der Waals surface area (Å²) in [7, 11) is 0.